The van der Waals surface area contributed by atoms with E-state index in [2.05, 4.69) is 21.9 Å². The summed E-state index contributed by atoms with van der Waals surface area (Å²) in [6, 6.07) is 9.27. The molecule has 2 fully saturated rings. The summed E-state index contributed by atoms with van der Waals surface area (Å²) in [6.45, 7) is 5.69. The second-order valence-electron chi connectivity index (χ2n) is 10.9. The highest BCUT2D eigenvalue weighted by molar-refractivity contribution is 6.33. The van der Waals surface area contributed by atoms with E-state index in [1.807, 2.05) is 29.7 Å². The first-order chi connectivity index (χ1) is 19.3. The maximum atomic E-state index is 12.6. The predicted octanol–water partition coefficient (Wildman–Crippen LogP) is 4.05. The molecule has 2 aliphatic rings. The van der Waals surface area contributed by atoms with Crippen LogP contribution in [0.25, 0.3) is 22.6 Å². The Kier molecular flexibility index (Phi) is 7.06. The number of hydrogen-bond acceptors (Lipinski definition) is 8. The number of rotatable bonds is 9. The lowest BCUT2D eigenvalue weighted by atomic mass is 10.1. The number of aromatic nitrogens is 5. The number of fused-ring (bicyclic) bond motifs is 1. The molecule has 4 aromatic rings. The summed E-state index contributed by atoms with van der Waals surface area (Å²) in [7, 11) is 0. The van der Waals surface area contributed by atoms with Crippen molar-refractivity contribution in [1.82, 2.24) is 29.4 Å². The molecule has 0 bridgehead atoms. The molecule has 6 rings (SSSR count). The van der Waals surface area contributed by atoms with Crippen molar-refractivity contribution in [3.05, 3.63) is 59.1 Å². The Hall–Kier alpha value is -3.76. The number of ether oxygens (including phenoxy) is 2. The fourth-order valence-electron chi connectivity index (χ4n) is 4.92. The first-order valence-corrected chi connectivity index (χ1v) is 13.8. The summed E-state index contributed by atoms with van der Waals surface area (Å²) in [5.41, 5.74) is 3.60. The van der Waals surface area contributed by atoms with E-state index in [9.17, 15) is 9.90 Å². The van der Waals surface area contributed by atoms with Crippen molar-refractivity contribution in [2.75, 3.05) is 26.3 Å². The molecule has 1 aromatic carbocycles. The van der Waals surface area contributed by atoms with E-state index >= 15 is 0 Å². The van der Waals surface area contributed by atoms with Crippen molar-refractivity contribution in [2.24, 2.45) is 5.92 Å². The van der Waals surface area contributed by atoms with Gasteiger partial charge in [-0.3, -0.25) is 9.78 Å². The number of aryl methyl sites for hydroxylation is 1. The van der Waals surface area contributed by atoms with Gasteiger partial charge in [0.2, 0.25) is 5.88 Å². The molecular formula is C29H31ClN6O4. The van der Waals surface area contributed by atoms with E-state index < -0.39 is 0 Å². The summed E-state index contributed by atoms with van der Waals surface area (Å²) in [6.07, 6.45) is 6.02. The molecule has 40 heavy (non-hydrogen) atoms. The van der Waals surface area contributed by atoms with Crippen LogP contribution in [0.4, 0.5) is 0 Å². The first-order valence-electron chi connectivity index (χ1n) is 13.4. The molecule has 208 valence electrons. The Morgan fingerprint density at radius 1 is 1.20 bits per heavy atom. The highest BCUT2D eigenvalue weighted by Gasteiger charge is 2.41. The van der Waals surface area contributed by atoms with Gasteiger partial charge >= 0.3 is 0 Å². The Bertz CT molecular complexity index is 1570. The largest absolute Gasteiger partial charge is 0.484 e. The monoisotopic (exact) mass is 562 g/mol. The van der Waals surface area contributed by atoms with Crippen LogP contribution >= 0.6 is 11.6 Å². The smallest absolute Gasteiger partial charge is 0.260 e. The van der Waals surface area contributed by atoms with Crippen molar-refractivity contribution in [2.45, 2.75) is 45.3 Å². The summed E-state index contributed by atoms with van der Waals surface area (Å²) < 4.78 is 14.0. The number of halogens is 1. The lowest BCUT2D eigenvalue weighted by molar-refractivity contribution is -0.132. The molecule has 10 nitrogen and oxygen atoms in total. The van der Waals surface area contributed by atoms with Crippen LogP contribution in [0.3, 0.4) is 0 Å². The summed E-state index contributed by atoms with van der Waals surface area (Å²) in [5.74, 6) is 1.55. The third-order valence-electron chi connectivity index (χ3n) is 7.53. The molecule has 1 atom stereocenters. The number of aliphatic hydroxyl groups excluding tert-OH is 1. The van der Waals surface area contributed by atoms with Gasteiger partial charge in [0.05, 0.1) is 17.3 Å². The fourth-order valence-corrected chi connectivity index (χ4v) is 5.17. The van der Waals surface area contributed by atoms with Gasteiger partial charge in [0.25, 0.3) is 5.91 Å². The number of aliphatic hydroxyl groups is 1. The zero-order chi connectivity index (χ0) is 27.9. The fraction of sp³-hybridized carbons (Fsp3) is 0.414. The Labute approximate surface area is 237 Å². The Balaban J connectivity index is 1.31. The van der Waals surface area contributed by atoms with E-state index in [4.69, 9.17) is 26.1 Å². The second-order valence-corrected chi connectivity index (χ2v) is 11.3. The van der Waals surface area contributed by atoms with Gasteiger partial charge in [0, 0.05) is 37.4 Å². The highest BCUT2D eigenvalue weighted by Crippen LogP contribution is 2.41. The quantitative estimate of drug-likeness (QED) is 0.325. The van der Waals surface area contributed by atoms with Crippen molar-refractivity contribution in [3.63, 3.8) is 0 Å². The summed E-state index contributed by atoms with van der Waals surface area (Å²) in [5, 5.41) is 9.76. The van der Waals surface area contributed by atoms with Crippen molar-refractivity contribution in [1.29, 1.82) is 0 Å². The number of likely N-dealkylation sites (tertiary alicyclic amines) is 1. The number of nitrogens with zero attached hydrogens (tertiary/aromatic N) is 6. The highest BCUT2D eigenvalue weighted by atomic mass is 35.5. The summed E-state index contributed by atoms with van der Waals surface area (Å²) in [4.78, 5) is 32.7. The molecule has 0 spiro atoms. The van der Waals surface area contributed by atoms with Gasteiger partial charge in [-0.25, -0.2) is 9.97 Å². The maximum Gasteiger partial charge on any atom is 0.260 e. The number of amides is 1. The molecule has 0 radical (unpaired) electrons. The molecular weight excluding hydrogens is 532 g/mol. The van der Waals surface area contributed by atoms with E-state index in [0.29, 0.717) is 58.8 Å². The minimum atomic E-state index is -0.231. The molecule has 1 amide bonds. The van der Waals surface area contributed by atoms with E-state index in [1.54, 1.807) is 23.2 Å². The standard InChI is InChI=1S/C29H31ClN6O4/c1-18-5-9-31-20(11-18)14-36-26(34-25-27(36)32-17-33-28(25)40-29(2)7-8-29)22-4-3-21(12-23(22)30)39-16-24(38)35-10-6-19(13-35)15-37/h3-5,9,11-12,17,19,37H,6-8,10,13-16H2,1-2H3/t19-/m1/s1. The maximum absolute atomic E-state index is 12.6. The van der Waals surface area contributed by atoms with Crippen LogP contribution < -0.4 is 9.47 Å². The molecule has 0 unspecified atom stereocenters. The van der Waals surface area contributed by atoms with E-state index in [1.165, 1.54) is 6.33 Å². The van der Waals surface area contributed by atoms with Gasteiger partial charge in [-0.15, -0.1) is 0 Å². The average molecular weight is 563 g/mol. The van der Waals surface area contributed by atoms with Gasteiger partial charge in [-0.05, 0) is 69.0 Å². The van der Waals surface area contributed by atoms with Gasteiger partial charge in [-0.2, -0.15) is 4.98 Å². The van der Waals surface area contributed by atoms with Crippen molar-refractivity contribution >= 4 is 28.7 Å². The summed E-state index contributed by atoms with van der Waals surface area (Å²) >= 11 is 6.79. The molecule has 3 aromatic heterocycles. The minimum absolute atomic E-state index is 0.0882. The van der Waals surface area contributed by atoms with Crippen LogP contribution in [-0.4, -0.2) is 72.3 Å². The number of carbonyl (C=O) groups is 1. The Morgan fingerprint density at radius 3 is 2.77 bits per heavy atom. The van der Waals surface area contributed by atoms with E-state index in [0.717, 1.165) is 30.5 Å². The van der Waals surface area contributed by atoms with Crippen LogP contribution in [0.2, 0.25) is 5.02 Å². The zero-order valence-corrected chi connectivity index (χ0v) is 23.3. The van der Waals surface area contributed by atoms with Crippen LogP contribution in [-0.2, 0) is 11.3 Å². The SMILES string of the molecule is Cc1ccnc(Cn2c(-c3ccc(OCC(=O)N4CC[C@@H](CO)C4)cc3Cl)nc3c(OC4(C)CC4)ncnc32)c1. The Morgan fingerprint density at radius 2 is 2.05 bits per heavy atom. The van der Waals surface area contributed by atoms with Gasteiger partial charge in [-0.1, -0.05) is 11.6 Å². The number of imidazole rings is 1. The van der Waals surface area contributed by atoms with Gasteiger partial charge in [0.15, 0.2) is 17.8 Å². The molecule has 4 heterocycles. The number of hydrogen-bond donors (Lipinski definition) is 1. The predicted molar refractivity (Wildman–Crippen MR) is 149 cm³/mol. The molecule has 1 aliphatic carbocycles. The zero-order valence-electron chi connectivity index (χ0n) is 22.5. The molecule has 1 saturated heterocycles. The van der Waals surface area contributed by atoms with E-state index in [-0.39, 0.29) is 30.6 Å². The number of pyridine rings is 1. The topological polar surface area (TPSA) is 115 Å². The minimum Gasteiger partial charge on any atom is -0.484 e. The average Bonchev–Trinajstić information content (AvgIpc) is 3.32. The first kappa shape index (κ1) is 26.5. The number of benzene rings is 1. The van der Waals surface area contributed by atoms with Crippen LogP contribution in [0.1, 0.15) is 37.4 Å². The third kappa shape index (κ3) is 5.46. The van der Waals surface area contributed by atoms with Gasteiger partial charge in [0.1, 0.15) is 23.5 Å². The normalized spacial score (nSPS) is 17.8. The second kappa shape index (κ2) is 10.7. The van der Waals surface area contributed by atoms with Crippen molar-refractivity contribution in [3.8, 4) is 23.0 Å². The lowest BCUT2D eigenvalue weighted by Crippen LogP contribution is -2.33. The van der Waals surface area contributed by atoms with Crippen LogP contribution in [0, 0.1) is 12.8 Å². The third-order valence-corrected chi connectivity index (χ3v) is 7.84. The molecule has 1 aliphatic heterocycles. The van der Waals surface area contributed by atoms with Crippen LogP contribution in [0.5, 0.6) is 11.6 Å². The molecule has 11 heteroatoms. The van der Waals surface area contributed by atoms with Crippen LogP contribution in [0.15, 0.2) is 42.9 Å². The lowest BCUT2D eigenvalue weighted by Gasteiger charge is -2.17. The molecule has 1 saturated carbocycles. The van der Waals surface area contributed by atoms with Gasteiger partial charge < -0.3 is 24.0 Å². The molecule has 1 N–H and O–H groups in total. The van der Waals surface area contributed by atoms with Crippen molar-refractivity contribution < 1.29 is 19.4 Å². The number of carbonyl (C=O) groups excluding carboxylic acids is 1.